The molecule has 190 valence electrons. The maximum absolute atomic E-state index is 13.8. The van der Waals surface area contributed by atoms with Crippen LogP contribution in [0.25, 0.3) is 21.9 Å². The average Bonchev–Trinajstić information content (AvgIpc) is 2.99. The zero-order valence-electron chi connectivity index (χ0n) is 20.9. The van der Waals surface area contributed by atoms with E-state index in [0.29, 0.717) is 27.8 Å². The van der Waals surface area contributed by atoms with Gasteiger partial charge in [0.1, 0.15) is 0 Å². The first kappa shape index (κ1) is 24.8. The van der Waals surface area contributed by atoms with Crippen LogP contribution in [0.3, 0.4) is 0 Å². The van der Waals surface area contributed by atoms with E-state index in [2.05, 4.69) is 15.9 Å². The molecule has 0 saturated carbocycles. The predicted molar refractivity (Wildman–Crippen MR) is 157 cm³/mol. The van der Waals surface area contributed by atoms with E-state index < -0.39 is 0 Å². The number of para-hydroxylation sites is 1. The maximum Gasteiger partial charge on any atom is 0.261 e. The van der Waals surface area contributed by atoms with Crippen LogP contribution in [0.5, 0.6) is 0 Å². The Balaban J connectivity index is 1.29. The molecule has 6 rings (SSSR count). The molecule has 5 aromatic carbocycles. The lowest BCUT2D eigenvalue weighted by atomic mass is 9.94. The molecule has 6 heteroatoms. The highest BCUT2D eigenvalue weighted by atomic mass is 79.9. The third-order valence-electron chi connectivity index (χ3n) is 7.04. The third kappa shape index (κ3) is 4.53. The van der Waals surface area contributed by atoms with Gasteiger partial charge < -0.3 is 4.90 Å². The lowest BCUT2D eigenvalue weighted by molar-refractivity contribution is 0.0611. The van der Waals surface area contributed by atoms with Gasteiger partial charge in [0, 0.05) is 45.3 Å². The molecule has 0 unspecified atom stereocenters. The molecule has 0 atom stereocenters. The van der Waals surface area contributed by atoms with Crippen molar-refractivity contribution in [3.63, 3.8) is 0 Å². The first-order chi connectivity index (χ1) is 19.0. The van der Waals surface area contributed by atoms with Crippen molar-refractivity contribution in [2.45, 2.75) is 0 Å². The first-order valence-corrected chi connectivity index (χ1v) is 13.4. The normalized spacial score (nSPS) is 12.6. The highest BCUT2D eigenvalue weighted by Crippen LogP contribution is 2.34. The minimum Gasteiger partial charge on any atom is -0.307 e. The van der Waals surface area contributed by atoms with Crippen LogP contribution in [-0.4, -0.2) is 35.7 Å². The number of anilines is 1. The molecule has 0 bridgehead atoms. The smallest absolute Gasteiger partial charge is 0.261 e. The van der Waals surface area contributed by atoms with Crippen LogP contribution >= 0.6 is 15.9 Å². The van der Waals surface area contributed by atoms with Crippen molar-refractivity contribution in [2.75, 3.05) is 18.0 Å². The monoisotopic (exact) mass is 574 g/mol. The van der Waals surface area contributed by atoms with E-state index in [-0.39, 0.29) is 30.8 Å². The lowest BCUT2D eigenvalue weighted by Gasteiger charge is -2.30. The number of benzene rings is 5. The fourth-order valence-electron chi connectivity index (χ4n) is 5.06. The first-order valence-electron chi connectivity index (χ1n) is 12.6. The molecule has 0 spiro atoms. The molecule has 1 aliphatic rings. The van der Waals surface area contributed by atoms with E-state index in [9.17, 15) is 14.4 Å². The van der Waals surface area contributed by atoms with Crippen molar-refractivity contribution in [1.82, 2.24) is 4.90 Å². The number of carbonyl (C=O) groups excluding carboxylic acids is 3. The van der Waals surface area contributed by atoms with Gasteiger partial charge in [-0.05, 0) is 59.0 Å². The second-order valence-corrected chi connectivity index (χ2v) is 10.2. The summed E-state index contributed by atoms with van der Waals surface area (Å²) >= 11 is 3.52. The standard InChI is InChI=1S/C33H23BrN2O3/c34-29-19-18-28-30-26(29)12-7-13-27(30)32(38)36(33(28)39)21-20-35(25-10-5-2-6-11-25)31(37)24-16-14-23(15-17-24)22-8-3-1-4-9-22/h1-19H,20-21H2. The number of carbonyl (C=O) groups is 3. The van der Waals surface area contributed by atoms with E-state index >= 15 is 0 Å². The van der Waals surface area contributed by atoms with Crippen molar-refractivity contribution in [3.8, 4) is 11.1 Å². The molecule has 0 aromatic heterocycles. The molecular weight excluding hydrogens is 552 g/mol. The van der Waals surface area contributed by atoms with Crippen LogP contribution in [0.15, 0.2) is 120 Å². The summed E-state index contributed by atoms with van der Waals surface area (Å²) in [5.41, 5.74) is 4.27. The number of nitrogens with zero attached hydrogens (tertiary/aromatic N) is 2. The summed E-state index contributed by atoms with van der Waals surface area (Å²) in [6, 6.07) is 35.8. The number of imide groups is 1. The number of halogens is 1. The number of hydrogen-bond acceptors (Lipinski definition) is 3. The Hall–Kier alpha value is -4.55. The molecule has 1 aliphatic heterocycles. The number of hydrogen-bond donors (Lipinski definition) is 0. The molecule has 1 heterocycles. The molecule has 0 N–H and O–H groups in total. The van der Waals surface area contributed by atoms with Gasteiger partial charge in [0.05, 0.1) is 0 Å². The summed E-state index contributed by atoms with van der Waals surface area (Å²) in [4.78, 5) is 43.6. The molecule has 0 fully saturated rings. The minimum atomic E-state index is -0.358. The topological polar surface area (TPSA) is 57.7 Å². The maximum atomic E-state index is 13.8. The molecule has 5 nitrogen and oxygen atoms in total. The zero-order chi connectivity index (χ0) is 26.9. The Bertz CT molecular complexity index is 1700. The molecule has 0 aliphatic carbocycles. The van der Waals surface area contributed by atoms with E-state index in [4.69, 9.17) is 0 Å². The highest BCUT2D eigenvalue weighted by molar-refractivity contribution is 9.10. The summed E-state index contributed by atoms with van der Waals surface area (Å²) in [5, 5.41) is 1.49. The Morgan fingerprint density at radius 1 is 0.667 bits per heavy atom. The Labute approximate surface area is 234 Å². The van der Waals surface area contributed by atoms with Gasteiger partial charge in [-0.1, -0.05) is 88.7 Å². The molecule has 0 radical (unpaired) electrons. The Morgan fingerprint density at radius 3 is 1.97 bits per heavy atom. The van der Waals surface area contributed by atoms with Crippen LogP contribution in [-0.2, 0) is 0 Å². The van der Waals surface area contributed by atoms with Crippen molar-refractivity contribution < 1.29 is 14.4 Å². The minimum absolute atomic E-state index is 0.0618. The Kier molecular flexibility index (Phi) is 6.55. The third-order valence-corrected chi connectivity index (χ3v) is 7.73. The molecule has 0 saturated heterocycles. The van der Waals surface area contributed by atoms with Crippen LogP contribution in [0.2, 0.25) is 0 Å². The Morgan fingerprint density at radius 2 is 1.28 bits per heavy atom. The summed E-state index contributed by atoms with van der Waals surface area (Å²) in [5.74, 6) is -0.920. The van der Waals surface area contributed by atoms with Crippen molar-refractivity contribution in [2.24, 2.45) is 0 Å². The molecule has 39 heavy (non-hydrogen) atoms. The van der Waals surface area contributed by atoms with Gasteiger partial charge in [0.15, 0.2) is 0 Å². The molecule has 5 aromatic rings. The van der Waals surface area contributed by atoms with Crippen molar-refractivity contribution in [3.05, 3.63) is 136 Å². The van der Waals surface area contributed by atoms with Crippen LogP contribution < -0.4 is 4.90 Å². The van der Waals surface area contributed by atoms with Gasteiger partial charge in [-0.25, -0.2) is 0 Å². The van der Waals surface area contributed by atoms with Gasteiger partial charge in [-0.2, -0.15) is 0 Å². The van der Waals surface area contributed by atoms with Gasteiger partial charge in [0.2, 0.25) is 0 Å². The summed E-state index contributed by atoms with van der Waals surface area (Å²) in [6.45, 7) is 0.217. The fourth-order valence-corrected chi connectivity index (χ4v) is 5.52. The van der Waals surface area contributed by atoms with Crippen molar-refractivity contribution in [1.29, 1.82) is 0 Å². The van der Waals surface area contributed by atoms with E-state index in [1.807, 2.05) is 103 Å². The van der Waals surface area contributed by atoms with Gasteiger partial charge in [-0.15, -0.1) is 0 Å². The average molecular weight is 575 g/mol. The SMILES string of the molecule is O=C1c2cccc3c(Br)ccc(c23)C(=O)N1CCN(C(=O)c1ccc(-c2ccccc2)cc1)c1ccccc1. The number of rotatable bonds is 6. The molecular formula is C33H23BrN2O3. The predicted octanol–water partition coefficient (Wildman–Crippen LogP) is 7.21. The fraction of sp³-hybridized carbons (Fsp3) is 0.0606. The van der Waals surface area contributed by atoms with Gasteiger partial charge in [0.25, 0.3) is 17.7 Å². The summed E-state index contributed by atoms with van der Waals surface area (Å²) in [6.07, 6.45) is 0. The largest absolute Gasteiger partial charge is 0.307 e. The highest BCUT2D eigenvalue weighted by Gasteiger charge is 2.33. The van der Waals surface area contributed by atoms with Crippen molar-refractivity contribution >= 4 is 50.1 Å². The van der Waals surface area contributed by atoms with E-state index in [0.717, 1.165) is 21.0 Å². The van der Waals surface area contributed by atoms with Crippen LogP contribution in [0, 0.1) is 0 Å². The van der Waals surface area contributed by atoms with Crippen LogP contribution in [0.1, 0.15) is 31.1 Å². The lowest BCUT2D eigenvalue weighted by Crippen LogP contribution is -2.46. The van der Waals surface area contributed by atoms with Crippen LogP contribution in [0.4, 0.5) is 5.69 Å². The van der Waals surface area contributed by atoms with Gasteiger partial charge in [-0.3, -0.25) is 19.3 Å². The summed E-state index contributed by atoms with van der Waals surface area (Å²) in [7, 11) is 0. The summed E-state index contributed by atoms with van der Waals surface area (Å²) < 4.78 is 0.830. The second-order valence-electron chi connectivity index (χ2n) is 9.32. The zero-order valence-corrected chi connectivity index (χ0v) is 22.5. The number of amides is 3. The van der Waals surface area contributed by atoms with E-state index in [1.54, 1.807) is 17.0 Å². The van der Waals surface area contributed by atoms with E-state index in [1.165, 1.54) is 4.90 Å². The van der Waals surface area contributed by atoms with Gasteiger partial charge >= 0.3 is 0 Å². The molecule has 3 amide bonds. The quantitative estimate of drug-likeness (QED) is 0.201. The second kappa shape index (κ2) is 10.3.